The molecule has 0 saturated carbocycles. The van der Waals surface area contributed by atoms with Crippen molar-refractivity contribution in [1.82, 2.24) is 5.32 Å². The number of carbonyl (C=O) groups is 1. The number of amides is 1. The van der Waals surface area contributed by atoms with Crippen molar-refractivity contribution >= 4 is 12.0 Å². The van der Waals surface area contributed by atoms with Gasteiger partial charge in [-0.3, -0.25) is 4.79 Å². The van der Waals surface area contributed by atoms with E-state index in [1.807, 2.05) is 44.2 Å². The zero-order valence-corrected chi connectivity index (χ0v) is 14.1. The standard InChI is InChI=1S/C20H18N2O3/c1-13-3-6-16(7-4-13)14(2)22-20(23)17(11-21)9-15-5-8-18-19(10-15)25-12-24-18/h3-10,14H,12H2,1-2H3,(H,22,23)/b17-9+. The molecule has 1 atom stereocenters. The maximum absolute atomic E-state index is 12.4. The first-order chi connectivity index (χ1) is 12.1. The lowest BCUT2D eigenvalue weighted by molar-refractivity contribution is -0.117. The number of hydrogen-bond acceptors (Lipinski definition) is 4. The predicted octanol–water partition coefficient (Wildman–Crippen LogP) is 3.51. The Balaban J connectivity index is 1.75. The van der Waals surface area contributed by atoms with Gasteiger partial charge in [0.05, 0.1) is 6.04 Å². The Kier molecular flexibility index (Phi) is 4.71. The second-order valence-electron chi connectivity index (χ2n) is 5.89. The molecule has 2 aromatic rings. The first-order valence-electron chi connectivity index (χ1n) is 7.95. The number of ether oxygens (including phenoxy) is 2. The minimum absolute atomic E-state index is 0.0397. The third-order valence-corrected chi connectivity index (χ3v) is 4.00. The second kappa shape index (κ2) is 7.10. The molecule has 5 nitrogen and oxygen atoms in total. The van der Waals surface area contributed by atoms with Crippen molar-refractivity contribution in [2.45, 2.75) is 19.9 Å². The van der Waals surface area contributed by atoms with Gasteiger partial charge in [-0.1, -0.05) is 35.9 Å². The fraction of sp³-hybridized carbons (Fsp3) is 0.200. The van der Waals surface area contributed by atoms with Crippen LogP contribution in [0.3, 0.4) is 0 Å². The average molecular weight is 334 g/mol. The predicted molar refractivity (Wildman–Crippen MR) is 93.9 cm³/mol. The van der Waals surface area contributed by atoms with E-state index in [4.69, 9.17) is 9.47 Å². The van der Waals surface area contributed by atoms with E-state index in [-0.39, 0.29) is 18.4 Å². The Morgan fingerprint density at radius 3 is 2.64 bits per heavy atom. The normalized spacial score (nSPS) is 13.9. The van der Waals surface area contributed by atoms with Crippen LogP contribution in [0.15, 0.2) is 48.0 Å². The Bertz CT molecular complexity index is 864. The van der Waals surface area contributed by atoms with Crippen LogP contribution in [0.1, 0.15) is 29.7 Å². The highest BCUT2D eigenvalue weighted by atomic mass is 16.7. The van der Waals surface area contributed by atoms with Crippen LogP contribution >= 0.6 is 0 Å². The molecule has 1 N–H and O–H groups in total. The lowest BCUT2D eigenvalue weighted by Gasteiger charge is -2.14. The third kappa shape index (κ3) is 3.81. The number of aryl methyl sites for hydroxylation is 1. The summed E-state index contributed by atoms with van der Waals surface area (Å²) >= 11 is 0. The molecule has 1 unspecified atom stereocenters. The number of carbonyl (C=O) groups excluding carboxylic acids is 1. The zero-order valence-electron chi connectivity index (χ0n) is 14.1. The summed E-state index contributed by atoms with van der Waals surface area (Å²) in [6.07, 6.45) is 1.54. The van der Waals surface area contributed by atoms with E-state index in [2.05, 4.69) is 5.32 Å². The number of hydrogen-bond donors (Lipinski definition) is 1. The molecule has 0 saturated heterocycles. The van der Waals surface area contributed by atoms with Gasteiger partial charge in [0.2, 0.25) is 6.79 Å². The summed E-state index contributed by atoms with van der Waals surface area (Å²) in [4.78, 5) is 12.4. The maximum atomic E-state index is 12.4. The van der Waals surface area contributed by atoms with E-state index < -0.39 is 5.91 Å². The highest BCUT2D eigenvalue weighted by Crippen LogP contribution is 2.33. The van der Waals surface area contributed by atoms with E-state index in [0.29, 0.717) is 17.1 Å². The summed E-state index contributed by atoms with van der Waals surface area (Å²) < 4.78 is 10.6. The first-order valence-corrected chi connectivity index (χ1v) is 7.95. The van der Waals surface area contributed by atoms with Crippen molar-refractivity contribution in [3.63, 3.8) is 0 Å². The largest absolute Gasteiger partial charge is 0.454 e. The number of nitriles is 1. The lowest BCUT2D eigenvalue weighted by Crippen LogP contribution is -2.27. The molecular formula is C20H18N2O3. The van der Waals surface area contributed by atoms with Gasteiger partial charge in [0, 0.05) is 0 Å². The highest BCUT2D eigenvalue weighted by Gasteiger charge is 2.16. The SMILES string of the molecule is Cc1ccc(C(C)NC(=O)/C(C#N)=C/c2ccc3c(c2)OCO3)cc1. The molecule has 25 heavy (non-hydrogen) atoms. The Hall–Kier alpha value is -3.26. The van der Waals surface area contributed by atoms with Crippen molar-refractivity contribution < 1.29 is 14.3 Å². The smallest absolute Gasteiger partial charge is 0.262 e. The molecule has 126 valence electrons. The molecule has 1 aliphatic heterocycles. The van der Waals surface area contributed by atoms with Gasteiger partial charge in [0.25, 0.3) is 5.91 Å². The van der Waals surface area contributed by atoms with Gasteiger partial charge in [-0.05, 0) is 43.2 Å². The minimum atomic E-state index is -0.409. The molecule has 1 aliphatic rings. The van der Waals surface area contributed by atoms with Crippen LogP contribution in [0.2, 0.25) is 0 Å². The molecule has 2 aromatic carbocycles. The molecule has 0 spiro atoms. The number of fused-ring (bicyclic) bond motifs is 1. The van der Waals surface area contributed by atoms with Crippen LogP contribution in [0.25, 0.3) is 6.08 Å². The molecule has 0 radical (unpaired) electrons. The van der Waals surface area contributed by atoms with Crippen LogP contribution in [0, 0.1) is 18.3 Å². The molecule has 1 amide bonds. The van der Waals surface area contributed by atoms with Crippen LogP contribution in [0.5, 0.6) is 11.5 Å². The van der Waals surface area contributed by atoms with Gasteiger partial charge in [0.1, 0.15) is 11.6 Å². The van der Waals surface area contributed by atoms with Crippen molar-refractivity contribution in [2.75, 3.05) is 6.79 Å². The van der Waals surface area contributed by atoms with E-state index in [1.54, 1.807) is 24.3 Å². The molecule has 0 fully saturated rings. The zero-order chi connectivity index (χ0) is 17.8. The Morgan fingerprint density at radius 2 is 1.92 bits per heavy atom. The van der Waals surface area contributed by atoms with Gasteiger partial charge in [-0.25, -0.2) is 0 Å². The second-order valence-corrected chi connectivity index (χ2v) is 5.89. The van der Waals surface area contributed by atoms with Crippen molar-refractivity contribution in [3.8, 4) is 17.6 Å². The Morgan fingerprint density at radius 1 is 1.20 bits per heavy atom. The first kappa shape index (κ1) is 16.6. The van der Waals surface area contributed by atoms with Crippen LogP contribution in [-0.4, -0.2) is 12.7 Å². The summed E-state index contributed by atoms with van der Waals surface area (Å²) in [5.41, 5.74) is 2.89. The molecule has 0 aromatic heterocycles. The highest BCUT2D eigenvalue weighted by molar-refractivity contribution is 6.01. The number of benzene rings is 2. The quantitative estimate of drug-likeness (QED) is 0.686. The number of rotatable bonds is 4. The molecule has 0 bridgehead atoms. The molecule has 0 aliphatic carbocycles. The van der Waals surface area contributed by atoms with Gasteiger partial charge < -0.3 is 14.8 Å². The van der Waals surface area contributed by atoms with Crippen molar-refractivity contribution in [1.29, 1.82) is 5.26 Å². The minimum Gasteiger partial charge on any atom is -0.454 e. The monoisotopic (exact) mass is 334 g/mol. The van der Waals surface area contributed by atoms with Gasteiger partial charge in [-0.15, -0.1) is 0 Å². The average Bonchev–Trinajstić information content (AvgIpc) is 3.07. The van der Waals surface area contributed by atoms with Gasteiger partial charge in [-0.2, -0.15) is 5.26 Å². The molecular weight excluding hydrogens is 316 g/mol. The summed E-state index contributed by atoms with van der Waals surface area (Å²) in [5.74, 6) is 0.862. The van der Waals surface area contributed by atoms with Gasteiger partial charge in [0.15, 0.2) is 11.5 Å². The van der Waals surface area contributed by atoms with E-state index in [0.717, 1.165) is 11.1 Å². The topological polar surface area (TPSA) is 71.4 Å². The van der Waals surface area contributed by atoms with Crippen LogP contribution in [-0.2, 0) is 4.79 Å². The summed E-state index contributed by atoms with van der Waals surface area (Å²) in [6.45, 7) is 4.08. The molecule has 5 heteroatoms. The lowest BCUT2D eigenvalue weighted by atomic mass is 10.1. The molecule has 1 heterocycles. The fourth-order valence-electron chi connectivity index (χ4n) is 2.53. The third-order valence-electron chi connectivity index (χ3n) is 4.00. The van der Waals surface area contributed by atoms with Crippen molar-refractivity contribution in [3.05, 3.63) is 64.7 Å². The number of nitrogens with zero attached hydrogens (tertiary/aromatic N) is 1. The fourth-order valence-corrected chi connectivity index (χ4v) is 2.53. The van der Waals surface area contributed by atoms with Crippen LogP contribution < -0.4 is 14.8 Å². The van der Waals surface area contributed by atoms with E-state index >= 15 is 0 Å². The Labute approximate surface area is 146 Å². The number of nitrogens with one attached hydrogen (secondary N) is 1. The van der Waals surface area contributed by atoms with Crippen LogP contribution in [0.4, 0.5) is 0 Å². The van der Waals surface area contributed by atoms with Crippen molar-refractivity contribution in [2.24, 2.45) is 0 Å². The summed E-state index contributed by atoms with van der Waals surface area (Å²) in [6, 6.07) is 15.0. The molecule has 3 rings (SSSR count). The van der Waals surface area contributed by atoms with E-state index in [1.165, 1.54) is 0 Å². The summed E-state index contributed by atoms with van der Waals surface area (Å²) in [5, 5.41) is 12.2. The van der Waals surface area contributed by atoms with E-state index in [9.17, 15) is 10.1 Å². The summed E-state index contributed by atoms with van der Waals surface area (Å²) in [7, 11) is 0. The maximum Gasteiger partial charge on any atom is 0.262 e. The van der Waals surface area contributed by atoms with Gasteiger partial charge >= 0.3 is 0 Å².